The molecule has 5 rings (SSSR count). The molecule has 0 bridgehead atoms. The Bertz CT molecular complexity index is 1450. The third kappa shape index (κ3) is 5.28. The van der Waals surface area contributed by atoms with Gasteiger partial charge in [-0.2, -0.15) is 18.2 Å². The second-order valence-electron chi connectivity index (χ2n) is 9.20. The van der Waals surface area contributed by atoms with Gasteiger partial charge in [-0.1, -0.05) is 35.9 Å². The van der Waals surface area contributed by atoms with E-state index in [2.05, 4.69) is 24.9 Å². The zero-order valence-electron chi connectivity index (χ0n) is 20.8. The van der Waals surface area contributed by atoms with Crippen LogP contribution in [0.1, 0.15) is 55.6 Å². The fourth-order valence-electron chi connectivity index (χ4n) is 4.03. The summed E-state index contributed by atoms with van der Waals surface area (Å²) in [4.78, 5) is 21.3. The Kier molecular flexibility index (Phi) is 6.95. The predicted molar refractivity (Wildman–Crippen MR) is 134 cm³/mol. The number of halogens is 4. The molecule has 1 fully saturated rings. The van der Waals surface area contributed by atoms with Gasteiger partial charge in [-0.3, -0.25) is 0 Å². The lowest BCUT2D eigenvalue weighted by molar-refractivity contribution is -0.140. The molecule has 0 saturated heterocycles. The summed E-state index contributed by atoms with van der Waals surface area (Å²) in [6.45, 7) is 3.73. The van der Waals surface area contributed by atoms with Crippen LogP contribution >= 0.6 is 11.6 Å². The largest absolute Gasteiger partial charge is 0.480 e. The average Bonchev–Trinajstić information content (AvgIpc) is 3.64. The standard InChI is InChI=1S/C26H24ClF3N6O2/c1-14(2)36-11-19(26(28,29)30)34-23(36)17-6-4-15(5-7-17)12-38-24-18(27)10-31-22(35-24)20-21(16-8-9-16)32-13-33-25(20)37-3/h4-7,10-11,13-14,16H,8-9,12H2,1-3H3. The summed E-state index contributed by atoms with van der Waals surface area (Å²) in [6.07, 6.45) is 1.48. The predicted octanol–water partition coefficient (Wildman–Crippen LogP) is 6.52. The van der Waals surface area contributed by atoms with Crippen LogP contribution in [0.3, 0.4) is 0 Å². The molecule has 12 heteroatoms. The lowest BCUT2D eigenvalue weighted by atomic mass is 10.1. The molecule has 3 heterocycles. The van der Waals surface area contributed by atoms with Crippen molar-refractivity contribution in [2.75, 3.05) is 7.11 Å². The summed E-state index contributed by atoms with van der Waals surface area (Å²) in [5, 5.41) is 0.229. The quantitative estimate of drug-likeness (QED) is 0.250. The zero-order valence-corrected chi connectivity index (χ0v) is 21.6. The number of nitrogens with zero attached hydrogens (tertiary/aromatic N) is 6. The SMILES string of the molecule is COc1ncnc(C2CC2)c1-c1ncc(Cl)c(OCc2ccc(-c3nc(C(F)(F)F)cn3C(C)C)cc2)n1. The first-order valence-electron chi connectivity index (χ1n) is 12.0. The van der Waals surface area contributed by atoms with E-state index >= 15 is 0 Å². The number of aromatic nitrogens is 6. The summed E-state index contributed by atoms with van der Waals surface area (Å²) in [7, 11) is 1.52. The molecule has 0 aliphatic heterocycles. The van der Waals surface area contributed by atoms with Crippen molar-refractivity contribution in [3.63, 3.8) is 0 Å². The molecule has 0 radical (unpaired) electrons. The van der Waals surface area contributed by atoms with Gasteiger partial charge in [-0.25, -0.2) is 19.9 Å². The molecular weight excluding hydrogens is 521 g/mol. The normalized spacial score (nSPS) is 13.7. The molecule has 1 aliphatic rings. The highest BCUT2D eigenvalue weighted by atomic mass is 35.5. The van der Waals surface area contributed by atoms with Gasteiger partial charge in [0.1, 0.15) is 29.3 Å². The summed E-state index contributed by atoms with van der Waals surface area (Å²) >= 11 is 6.31. The zero-order chi connectivity index (χ0) is 27.0. The van der Waals surface area contributed by atoms with Gasteiger partial charge in [0.05, 0.1) is 19.0 Å². The monoisotopic (exact) mass is 544 g/mol. The van der Waals surface area contributed by atoms with Gasteiger partial charge in [0.2, 0.25) is 11.8 Å². The van der Waals surface area contributed by atoms with Crippen LogP contribution in [0.25, 0.3) is 22.8 Å². The molecule has 38 heavy (non-hydrogen) atoms. The number of hydrogen-bond acceptors (Lipinski definition) is 7. The molecule has 1 aromatic carbocycles. The third-order valence-corrected chi connectivity index (χ3v) is 6.36. The Labute approximate surface area is 221 Å². The number of methoxy groups -OCH3 is 1. The van der Waals surface area contributed by atoms with Gasteiger partial charge in [-0.15, -0.1) is 0 Å². The first kappa shape index (κ1) is 25.9. The Balaban J connectivity index is 1.37. The summed E-state index contributed by atoms with van der Waals surface area (Å²) in [5.41, 5.74) is 1.84. The Hall–Kier alpha value is -3.73. The van der Waals surface area contributed by atoms with E-state index in [1.165, 1.54) is 24.2 Å². The van der Waals surface area contributed by atoms with Crippen molar-refractivity contribution in [3.8, 4) is 34.5 Å². The number of benzene rings is 1. The topological polar surface area (TPSA) is 87.8 Å². The van der Waals surface area contributed by atoms with Crippen molar-refractivity contribution in [2.45, 2.75) is 51.4 Å². The maximum absolute atomic E-state index is 13.2. The molecule has 3 aromatic heterocycles. The third-order valence-electron chi connectivity index (χ3n) is 6.10. The minimum Gasteiger partial charge on any atom is -0.480 e. The molecule has 8 nitrogen and oxygen atoms in total. The second kappa shape index (κ2) is 10.2. The summed E-state index contributed by atoms with van der Waals surface area (Å²) in [5.74, 6) is 1.45. The minimum atomic E-state index is -4.52. The molecule has 0 spiro atoms. The van der Waals surface area contributed by atoms with Crippen molar-refractivity contribution < 1.29 is 22.6 Å². The van der Waals surface area contributed by atoms with E-state index in [1.807, 2.05) is 0 Å². The van der Waals surface area contributed by atoms with Crippen molar-refractivity contribution in [3.05, 3.63) is 65.0 Å². The van der Waals surface area contributed by atoms with Gasteiger partial charge >= 0.3 is 6.18 Å². The van der Waals surface area contributed by atoms with Gasteiger partial charge in [0.15, 0.2) is 11.5 Å². The van der Waals surface area contributed by atoms with Crippen LogP contribution in [0.15, 0.2) is 43.0 Å². The molecule has 198 valence electrons. The number of imidazole rings is 1. The maximum Gasteiger partial charge on any atom is 0.434 e. The number of ether oxygens (including phenoxy) is 2. The number of alkyl halides is 3. The first-order chi connectivity index (χ1) is 18.2. The van der Waals surface area contributed by atoms with E-state index < -0.39 is 11.9 Å². The van der Waals surface area contributed by atoms with Crippen LogP contribution in [-0.4, -0.2) is 36.6 Å². The molecule has 0 unspecified atom stereocenters. The minimum absolute atomic E-state index is 0.126. The molecule has 0 N–H and O–H groups in total. The van der Waals surface area contributed by atoms with Gasteiger partial charge in [0, 0.05) is 23.7 Å². The summed E-state index contributed by atoms with van der Waals surface area (Å²) < 4.78 is 52.5. The van der Waals surface area contributed by atoms with E-state index in [9.17, 15) is 13.2 Å². The first-order valence-corrected chi connectivity index (χ1v) is 12.3. The number of hydrogen-bond donors (Lipinski definition) is 0. The van der Waals surface area contributed by atoms with Crippen LogP contribution in [0, 0.1) is 0 Å². The Morgan fingerprint density at radius 1 is 1.05 bits per heavy atom. The molecule has 4 aromatic rings. The van der Waals surface area contributed by atoms with E-state index in [0.717, 1.165) is 30.3 Å². The highest BCUT2D eigenvalue weighted by Gasteiger charge is 2.35. The van der Waals surface area contributed by atoms with Gasteiger partial charge < -0.3 is 14.0 Å². The Morgan fingerprint density at radius 2 is 1.79 bits per heavy atom. The summed E-state index contributed by atoms with van der Waals surface area (Å²) in [6, 6.07) is 6.75. The van der Waals surface area contributed by atoms with Gasteiger partial charge in [-0.05, 0) is 32.3 Å². The smallest absolute Gasteiger partial charge is 0.434 e. The molecule has 1 aliphatic carbocycles. The fourth-order valence-corrected chi connectivity index (χ4v) is 4.17. The van der Waals surface area contributed by atoms with Gasteiger partial charge in [0.25, 0.3) is 0 Å². The molecule has 0 atom stereocenters. The van der Waals surface area contributed by atoms with Crippen LogP contribution in [0.2, 0.25) is 5.02 Å². The average molecular weight is 545 g/mol. The Morgan fingerprint density at radius 3 is 2.42 bits per heavy atom. The van der Waals surface area contributed by atoms with E-state index in [4.69, 9.17) is 21.1 Å². The van der Waals surface area contributed by atoms with Crippen LogP contribution in [-0.2, 0) is 12.8 Å². The van der Waals surface area contributed by atoms with Crippen molar-refractivity contribution in [1.82, 2.24) is 29.5 Å². The van der Waals surface area contributed by atoms with Crippen LogP contribution < -0.4 is 9.47 Å². The fraction of sp³-hybridized carbons (Fsp3) is 0.346. The lowest BCUT2D eigenvalue weighted by Gasteiger charge is -2.13. The van der Waals surface area contributed by atoms with E-state index in [-0.39, 0.29) is 29.4 Å². The van der Waals surface area contributed by atoms with Crippen molar-refractivity contribution in [1.29, 1.82) is 0 Å². The molecule has 0 amide bonds. The molecule has 1 saturated carbocycles. The second-order valence-corrected chi connectivity index (χ2v) is 9.61. The lowest BCUT2D eigenvalue weighted by Crippen LogP contribution is -2.05. The maximum atomic E-state index is 13.2. The van der Waals surface area contributed by atoms with Crippen molar-refractivity contribution >= 4 is 11.6 Å². The van der Waals surface area contributed by atoms with Crippen molar-refractivity contribution in [2.24, 2.45) is 0 Å². The number of rotatable bonds is 8. The highest BCUT2D eigenvalue weighted by molar-refractivity contribution is 6.31. The van der Waals surface area contributed by atoms with E-state index in [1.54, 1.807) is 38.1 Å². The van der Waals surface area contributed by atoms with Crippen LogP contribution in [0.4, 0.5) is 13.2 Å². The molecular formula is C26H24ClF3N6O2. The highest BCUT2D eigenvalue weighted by Crippen LogP contribution is 2.45. The van der Waals surface area contributed by atoms with Crippen LogP contribution in [0.5, 0.6) is 11.8 Å². The van der Waals surface area contributed by atoms with E-state index in [0.29, 0.717) is 28.7 Å².